The second kappa shape index (κ2) is 16.3. The zero-order valence-electron chi connectivity index (χ0n) is 15.5. The fraction of sp³-hybridized carbons (Fsp3) is 1.00. The molecule has 2 unspecified atom stereocenters. The first-order chi connectivity index (χ1) is 10.4. The molecule has 22 heavy (non-hydrogen) atoms. The zero-order valence-corrected chi connectivity index (χ0v) is 17.1. The second-order valence-corrected chi connectivity index (χ2v) is 7.43. The van der Waals surface area contributed by atoms with Gasteiger partial charge < -0.3 is 21.9 Å². The van der Waals surface area contributed by atoms with Crippen molar-refractivity contribution >= 4 is 0 Å². The van der Waals surface area contributed by atoms with Crippen LogP contribution in [0.2, 0.25) is 0 Å². The molecule has 0 amide bonds. The molecule has 1 fully saturated rings. The third kappa shape index (κ3) is 11.9. The molecule has 1 rings (SSSR count). The van der Waals surface area contributed by atoms with Gasteiger partial charge >= 0.3 is 0 Å². The molecule has 0 radical (unpaired) electrons. The van der Waals surface area contributed by atoms with E-state index in [1.807, 2.05) is 4.90 Å². The summed E-state index contributed by atoms with van der Waals surface area (Å²) >= 11 is 0. The maximum atomic E-state index is 2.31. The summed E-state index contributed by atoms with van der Waals surface area (Å²) in [5.74, 6) is 1.06. The van der Waals surface area contributed by atoms with Gasteiger partial charge in [-0.05, 0) is 19.3 Å². The molecule has 2 heteroatoms. The Hall–Kier alpha value is 0.440. The number of unbranched alkanes of at least 4 members (excludes halogenated alkanes) is 10. The smallest absolute Gasteiger partial charge is 0.0801 e. The lowest BCUT2D eigenvalue weighted by Gasteiger charge is -2.13. The van der Waals surface area contributed by atoms with E-state index >= 15 is 0 Å². The van der Waals surface area contributed by atoms with Gasteiger partial charge in [0.25, 0.3) is 0 Å². The van der Waals surface area contributed by atoms with E-state index in [0.717, 1.165) is 5.92 Å². The van der Waals surface area contributed by atoms with Crippen LogP contribution in [-0.4, -0.2) is 19.6 Å². The molecule has 2 atom stereocenters. The van der Waals surface area contributed by atoms with Crippen LogP contribution in [0.1, 0.15) is 104 Å². The Morgan fingerprint density at radius 1 is 0.727 bits per heavy atom. The Bertz CT molecular complexity index is 198. The highest BCUT2D eigenvalue weighted by molar-refractivity contribution is 4.63. The second-order valence-electron chi connectivity index (χ2n) is 7.43. The Morgan fingerprint density at radius 3 is 1.91 bits per heavy atom. The molecule has 1 saturated heterocycles. The van der Waals surface area contributed by atoms with Gasteiger partial charge in [-0.3, -0.25) is 0 Å². The molecule has 0 bridgehead atoms. The van der Waals surface area contributed by atoms with Crippen LogP contribution in [0.15, 0.2) is 0 Å². The van der Waals surface area contributed by atoms with Crippen LogP contribution < -0.4 is 21.9 Å². The average Bonchev–Trinajstić information content (AvgIpc) is 2.94. The molecule has 1 N–H and O–H groups in total. The van der Waals surface area contributed by atoms with Crippen LogP contribution in [0.25, 0.3) is 0 Å². The third-order valence-electron chi connectivity index (χ3n) is 5.33. The van der Waals surface area contributed by atoms with Crippen molar-refractivity contribution in [2.45, 2.75) is 104 Å². The molecule has 0 spiro atoms. The molecule has 134 valence electrons. The first kappa shape index (κ1) is 22.4. The summed E-state index contributed by atoms with van der Waals surface area (Å²) in [6.07, 6.45) is 20.5. The Kier molecular flexibility index (Phi) is 16.6. The van der Waals surface area contributed by atoms with E-state index in [2.05, 4.69) is 13.8 Å². The van der Waals surface area contributed by atoms with E-state index in [1.165, 1.54) is 110 Å². The Morgan fingerprint density at radius 2 is 1.27 bits per heavy atom. The van der Waals surface area contributed by atoms with Crippen molar-refractivity contribution in [2.75, 3.05) is 19.6 Å². The van der Waals surface area contributed by atoms with E-state index in [1.54, 1.807) is 0 Å². The monoisotopic (exact) mass is 375 g/mol. The highest BCUT2D eigenvalue weighted by Crippen LogP contribution is 2.16. The lowest BCUT2D eigenvalue weighted by Crippen LogP contribution is -3.10. The lowest BCUT2D eigenvalue weighted by molar-refractivity contribution is -0.889. The number of hydrogen-bond donors (Lipinski definition) is 1. The van der Waals surface area contributed by atoms with Gasteiger partial charge in [0, 0.05) is 12.3 Å². The van der Waals surface area contributed by atoms with Crippen molar-refractivity contribution in [1.29, 1.82) is 0 Å². The summed E-state index contributed by atoms with van der Waals surface area (Å²) in [6.45, 7) is 9.02. The average molecular weight is 376 g/mol. The first-order valence-electron chi connectivity index (χ1n) is 10.2. The largest absolute Gasteiger partial charge is 1.00 e. The maximum Gasteiger partial charge on any atom is 0.0801 e. The van der Waals surface area contributed by atoms with Gasteiger partial charge in [0.15, 0.2) is 0 Å². The summed E-state index contributed by atoms with van der Waals surface area (Å²) in [7, 11) is 0. The lowest BCUT2D eigenvalue weighted by atomic mass is 9.99. The normalized spacial score (nSPS) is 21.0. The minimum absolute atomic E-state index is 0. The molecule has 0 saturated carbocycles. The van der Waals surface area contributed by atoms with Gasteiger partial charge in [0.05, 0.1) is 19.6 Å². The Balaban J connectivity index is 0.00000441. The zero-order chi connectivity index (χ0) is 15.2. The molecule has 1 aliphatic heterocycles. The van der Waals surface area contributed by atoms with Crippen LogP contribution in [0.4, 0.5) is 0 Å². The third-order valence-corrected chi connectivity index (χ3v) is 5.33. The van der Waals surface area contributed by atoms with E-state index in [0.29, 0.717) is 0 Å². The van der Waals surface area contributed by atoms with Crippen LogP contribution in [0, 0.1) is 5.92 Å². The minimum atomic E-state index is 0. The summed E-state index contributed by atoms with van der Waals surface area (Å²) in [4.78, 5) is 1.92. The van der Waals surface area contributed by atoms with Crippen molar-refractivity contribution in [1.82, 2.24) is 0 Å². The van der Waals surface area contributed by atoms with Crippen LogP contribution >= 0.6 is 0 Å². The van der Waals surface area contributed by atoms with Crippen molar-refractivity contribution in [3.63, 3.8) is 0 Å². The van der Waals surface area contributed by atoms with Crippen LogP contribution in [0.3, 0.4) is 0 Å². The summed E-state index contributed by atoms with van der Waals surface area (Å²) < 4.78 is 0. The minimum Gasteiger partial charge on any atom is -1.00 e. The highest BCUT2D eigenvalue weighted by atomic mass is 79.9. The standard InChI is InChI=1S/C20H41N.BrH/c1-3-5-7-9-11-13-15-20-16-18-21(19-20)17-14-12-10-8-6-4-2;/h20H,3-19H2,1-2H3;1H. The van der Waals surface area contributed by atoms with Crippen molar-refractivity contribution in [3.8, 4) is 0 Å². The summed E-state index contributed by atoms with van der Waals surface area (Å²) in [5, 5.41) is 0. The molecule has 0 aromatic heterocycles. The van der Waals surface area contributed by atoms with Crippen molar-refractivity contribution in [3.05, 3.63) is 0 Å². The predicted octanol–water partition coefficient (Wildman–Crippen LogP) is 2.01. The molecule has 0 aliphatic carbocycles. The predicted molar refractivity (Wildman–Crippen MR) is 95.0 cm³/mol. The molecule has 1 nitrogen and oxygen atoms in total. The summed E-state index contributed by atoms with van der Waals surface area (Å²) in [6, 6.07) is 0. The number of likely N-dealkylation sites (tertiary alicyclic amines) is 1. The molecule has 1 aliphatic rings. The van der Waals surface area contributed by atoms with E-state index in [-0.39, 0.29) is 17.0 Å². The quantitative estimate of drug-likeness (QED) is 0.443. The number of nitrogens with one attached hydrogen (secondary N) is 1. The van der Waals surface area contributed by atoms with Crippen molar-refractivity contribution < 1.29 is 21.9 Å². The van der Waals surface area contributed by atoms with Gasteiger partial charge in [-0.25, -0.2) is 0 Å². The number of rotatable bonds is 14. The molecular formula is C20H42BrN. The molecule has 0 aromatic rings. The van der Waals surface area contributed by atoms with E-state index in [9.17, 15) is 0 Å². The number of hydrogen-bond acceptors (Lipinski definition) is 0. The fourth-order valence-corrected chi connectivity index (χ4v) is 3.86. The summed E-state index contributed by atoms with van der Waals surface area (Å²) in [5.41, 5.74) is 0. The van der Waals surface area contributed by atoms with Gasteiger partial charge in [0.1, 0.15) is 0 Å². The molecule has 0 aromatic carbocycles. The highest BCUT2D eigenvalue weighted by Gasteiger charge is 2.24. The van der Waals surface area contributed by atoms with Gasteiger partial charge in [-0.2, -0.15) is 0 Å². The van der Waals surface area contributed by atoms with Gasteiger partial charge in [-0.15, -0.1) is 0 Å². The van der Waals surface area contributed by atoms with Crippen molar-refractivity contribution in [2.24, 2.45) is 5.92 Å². The Labute approximate surface area is 151 Å². The van der Waals surface area contributed by atoms with E-state index < -0.39 is 0 Å². The molecule has 1 heterocycles. The SMILES string of the molecule is CCCCCCCCC1CC[NH+](CCCCCCCC)C1.[Br-]. The maximum absolute atomic E-state index is 2.31. The number of quaternary nitrogens is 1. The topological polar surface area (TPSA) is 4.44 Å². The van der Waals surface area contributed by atoms with Gasteiger partial charge in [-0.1, -0.05) is 78.1 Å². The van der Waals surface area contributed by atoms with Crippen LogP contribution in [0.5, 0.6) is 0 Å². The van der Waals surface area contributed by atoms with Gasteiger partial charge in [0.2, 0.25) is 0 Å². The fourth-order valence-electron chi connectivity index (χ4n) is 3.86. The number of halogens is 1. The van der Waals surface area contributed by atoms with E-state index in [4.69, 9.17) is 0 Å². The molecular weight excluding hydrogens is 334 g/mol. The van der Waals surface area contributed by atoms with Crippen LogP contribution in [-0.2, 0) is 0 Å². The first-order valence-corrected chi connectivity index (χ1v) is 10.2.